The van der Waals surface area contributed by atoms with Gasteiger partial charge in [-0.1, -0.05) is 0 Å². The zero-order valence-corrected chi connectivity index (χ0v) is 14.4. The SMILES string of the molecule is COCCOC1CCC(NC(=O)c2ccncc2-n2ccnc2)CC1. The highest BCUT2D eigenvalue weighted by Gasteiger charge is 2.24. The van der Waals surface area contributed by atoms with E-state index in [4.69, 9.17) is 9.47 Å². The maximum absolute atomic E-state index is 12.7. The summed E-state index contributed by atoms with van der Waals surface area (Å²) in [6.07, 6.45) is 12.5. The number of ether oxygens (including phenoxy) is 2. The van der Waals surface area contributed by atoms with Gasteiger partial charge in [0.05, 0.1) is 43.1 Å². The number of carbonyl (C=O) groups excluding carboxylic acids is 1. The zero-order valence-electron chi connectivity index (χ0n) is 14.4. The minimum absolute atomic E-state index is 0.0742. The second kappa shape index (κ2) is 8.73. The Bertz CT molecular complexity index is 667. The summed E-state index contributed by atoms with van der Waals surface area (Å²) in [6.45, 7) is 1.25. The molecule has 0 aromatic carbocycles. The van der Waals surface area contributed by atoms with Crippen molar-refractivity contribution >= 4 is 5.91 Å². The maximum atomic E-state index is 12.7. The number of nitrogens with one attached hydrogen (secondary N) is 1. The molecule has 0 atom stereocenters. The number of imidazole rings is 1. The summed E-state index contributed by atoms with van der Waals surface area (Å²) in [6, 6.07) is 1.92. The fourth-order valence-corrected chi connectivity index (χ4v) is 3.12. The third-order valence-corrected chi connectivity index (χ3v) is 4.48. The fourth-order valence-electron chi connectivity index (χ4n) is 3.12. The number of aromatic nitrogens is 3. The summed E-state index contributed by atoms with van der Waals surface area (Å²) in [5.41, 5.74) is 1.33. The summed E-state index contributed by atoms with van der Waals surface area (Å²) in [5, 5.41) is 3.14. The molecule has 134 valence electrons. The lowest BCUT2D eigenvalue weighted by atomic mass is 9.92. The Morgan fingerprint density at radius 2 is 2.08 bits per heavy atom. The van der Waals surface area contributed by atoms with E-state index in [0.29, 0.717) is 18.8 Å². The Kier molecular flexibility index (Phi) is 6.14. The maximum Gasteiger partial charge on any atom is 0.253 e. The minimum Gasteiger partial charge on any atom is -0.382 e. The first-order valence-electron chi connectivity index (χ1n) is 8.61. The van der Waals surface area contributed by atoms with E-state index in [-0.39, 0.29) is 18.1 Å². The summed E-state index contributed by atoms with van der Waals surface area (Å²) in [4.78, 5) is 20.9. The Morgan fingerprint density at radius 1 is 1.24 bits per heavy atom. The summed E-state index contributed by atoms with van der Waals surface area (Å²) < 4.78 is 12.6. The molecule has 3 rings (SSSR count). The third-order valence-electron chi connectivity index (χ3n) is 4.48. The predicted octanol–water partition coefficient (Wildman–Crippen LogP) is 1.97. The van der Waals surface area contributed by atoms with Gasteiger partial charge in [0.1, 0.15) is 0 Å². The molecule has 1 saturated carbocycles. The van der Waals surface area contributed by atoms with Crippen LogP contribution in [0.1, 0.15) is 36.0 Å². The van der Waals surface area contributed by atoms with Crippen LogP contribution in [0.5, 0.6) is 0 Å². The van der Waals surface area contributed by atoms with Crippen LogP contribution in [0.3, 0.4) is 0 Å². The number of methoxy groups -OCH3 is 1. The first-order chi connectivity index (χ1) is 12.3. The Labute approximate surface area is 147 Å². The van der Waals surface area contributed by atoms with Gasteiger partial charge in [0, 0.05) is 31.7 Å². The van der Waals surface area contributed by atoms with Crippen molar-refractivity contribution < 1.29 is 14.3 Å². The molecule has 1 amide bonds. The smallest absolute Gasteiger partial charge is 0.253 e. The molecule has 0 spiro atoms. The quantitative estimate of drug-likeness (QED) is 0.777. The lowest BCUT2D eigenvalue weighted by molar-refractivity contribution is -0.00408. The van der Waals surface area contributed by atoms with Gasteiger partial charge >= 0.3 is 0 Å². The Balaban J connectivity index is 1.56. The topological polar surface area (TPSA) is 78.3 Å². The van der Waals surface area contributed by atoms with Crippen molar-refractivity contribution in [3.63, 3.8) is 0 Å². The van der Waals surface area contributed by atoms with Gasteiger partial charge in [-0.25, -0.2) is 4.98 Å². The highest BCUT2D eigenvalue weighted by Crippen LogP contribution is 2.22. The van der Waals surface area contributed by atoms with Crippen molar-refractivity contribution in [1.29, 1.82) is 0 Å². The van der Waals surface area contributed by atoms with Crippen molar-refractivity contribution in [2.45, 2.75) is 37.8 Å². The van der Waals surface area contributed by atoms with E-state index < -0.39 is 0 Å². The lowest BCUT2D eigenvalue weighted by Gasteiger charge is -2.29. The van der Waals surface area contributed by atoms with E-state index in [2.05, 4.69) is 15.3 Å². The second-order valence-electron chi connectivity index (χ2n) is 6.17. The fraction of sp³-hybridized carbons (Fsp3) is 0.500. The largest absolute Gasteiger partial charge is 0.382 e. The number of rotatable bonds is 7. The van der Waals surface area contributed by atoms with Gasteiger partial charge in [0.2, 0.25) is 0 Å². The molecule has 7 heteroatoms. The molecule has 2 aromatic rings. The van der Waals surface area contributed by atoms with Crippen molar-refractivity contribution in [3.05, 3.63) is 42.7 Å². The van der Waals surface area contributed by atoms with Gasteiger partial charge in [-0.3, -0.25) is 9.78 Å². The lowest BCUT2D eigenvalue weighted by Crippen LogP contribution is -2.39. The van der Waals surface area contributed by atoms with Crippen molar-refractivity contribution in [2.24, 2.45) is 0 Å². The van der Waals surface area contributed by atoms with Crippen molar-refractivity contribution in [1.82, 2.24) is 19.9 Å². The highest BCUT2D eigenvalue weighted by atomic mass is 16.5. The van der Waals surface area contributed by atoms with Crippen LogP contribution < -0.4 is 5.32 Å². The summed E-state index contributed by atoms with van der Waals surface area (Å²) >= 11 is 0. The minimum atomic E-state index is -0.0742. The molecule has 1 aliphatic rings. The van der Waals surface area contributed by atoms with E-state index in [0.717, 1.165) is 31.4 Å². The molecule has 0 saturated heterocycles. The molecule has 1 aliphatic carbocycles. The molecule has 0 aliphatic heterocycles. The van der Waals surface area contributed by atoms with Gasteiger partial charge < -0.3 is 19.4 Å². The standard InChI is InChI=1S/C18H24N4O3/c1-24-10-11-25-15-4-2-14(3-5-15)21-18(23)16-6-7-19-12-17(16)22-9-8-20-13-22/h6-9,12-15H,2-5,10-11H2,1H3,(H,21,23). The average molecular weight is 344 g/mol. The summed E-state index contributed by atoms with van der Waals surface area (Å²) in [5.74, 6) is -0.0742. The van der Waals surface area contributed by atoms with Crippen LogP contribution in [0, 0.1) is 0 Å². The van der Waals surface area contributed by atoms with Gasteiger partial charge in [0.25, 0.3) is 5.91 Å². The van der Waals surface area contributed by atoms with Crippen LogP contribution in [-0.2, 0) is 9.47 Å². The molecule has 0 radical (unpaired) electrons. The van der Waals surface area contributed by atoms with Crippen LogP contribution >= 0.6 is 0 Å². The normalized spacial score (nSPS) is 20.4. The van der Waals surface area contributed by atoms with Gasteiger partial charge in [0.15, 0.2) is 0 Å². The molecule has 25 heavy (non-hydrogen) atoms. The number of pyridine rings is 1. The van der Waals surface area contributed by atoms with Crippen molar-refractivity contribution in [3.8, 4) is 5.69 Å². The van der Waals surface area contributed by atoms with Crippen molar-refractivity contribution in [2.75, 3.05) is 20.3 Å². The molecule has 2 aromatic heterocycles. The first-order valence-corrected chi connectivity index (χ1v) is 8.61. The molecule has 1 fully saturated rings. The monoisotopic (exact) mass is 344 g/mol. The molecule has 0 unspecified atom stereocenters. The number of amides is 1. The van der Waals surface area contributed by atoms with E-state index in [1.807, 2.05) is 0 Å². The Hall–Kier alpha value is -2.25. The van der Waals surface area contributed by atoms with Crippen LogP contribution in [0.4, 0.5) is 0 Å². The van der Waals surface area contributed by atoms with E-state index in [1.165, 1.54) is 0 Å². The highest BCUT2D eigenvalue weighted by molar-refractivity contribution is 5.97. The number of carbonyl (C=O) groups is 1. The Morgan fingerprint density at radius 3 is 2.80 bits per heavy atom. The average Bonchev–Trinajstić information content (AvgIpc) is 3.18. The zero-order chi connectivity index (χ0) is 17.5. The number of hydrogen-bond donors (Lipinski definition) is 1. The van der Waals surface area contributed by atoms with Crippen LogP contribution in [0.15, 0.2) is 37.2 Å². The summed E-state index contributed by atoms with van der Waals surface area (Å²) in [7, 11) is 1.67. The van der Waals surface area contributed by atoms with E-state index in [9.17, 15) is 4.79 Å². The molecule has 2 heterocycles. The van der Waals surface area contributed by atoms with E-state index in [1.54, 1.807) is 48.9 Å². The molecular formula is C18H24N4O3. The first kappa shape index (κ1) is 17.6. The molecule has 0 bridgehead atoms. The third kappa shape index (κ3) is 4.64. The molecular weight excluding hydrogens is 320 g/mol. The molecule has 7 nitrogen and oxygen atoms in total. The van der Waals surface area contributed by atoms with Gasteiger partial charge in [-0.2, -0.15) is 0 Å². The van der Waals surface area contributed by atoms with Crippen LogP contribution in [0.2, 0.25) is 0 Å². The molecule has 1 N–H and O–H groups in total. The predicted molar refractivity (Wildman–Crippen MR) is 92.7 cm³/mol. The second-order valence-corrected chi connectivity index (χ2v) is 6.17. The van der Waals surface area contributed by atoms with Crippen LogP contribution in [0.25, 0.3) is 5.69 Å². The van der Waals surface area contributed by atoms with Gasteiger partial charge in [-0.15, -0.1) is 0 Å². The number of nitrogens with zero attached hydrogens (tertiary/aromatic N) is 3. The number of hydrogen-bond acceptors (Lipinski definition) is 5. The van der Waals surface area contributed by atoms with Crippen LogP contribution in [-0.4, -0.2) is 52.9 Å². The van der Waals surface area contributed by atoms with E-state index >= 15 is 0 Å². The van der Waals surface area contributed by atoms with Gasteiger partial charge in [-0.05, 0) is 31.7 Å².